The minimum absolute atomic E-state index is 0.668. The van der Waals surface area contributed by atoms with Gasteiger partial charge >= 0.3 is 0 Å². The molecule has 1 saturated carbocycles. The van der Waals surface area contributed by atoms with Crippen LogP contribution in [0.5, 0.6) is 5.75 Å². The Morgan fingerprint density at radius 2 is 1.94 bits per heavy atom. The quantitative estimate of drug-likeness (QED) is 0.790. The molecular weight excluding hydrogens is 212 g/mol. The van der Waals surface area contributed by atoms with Gasteiger partial charge in [-0.2, -0.15) is 5.26 Å². The summed E-state index contributed by atoms with van der Waals surface area (Å²) in [6, 6.07) is 10.0. The number of nitrogens with zero attached hydrogens (tertiary/aromatic N) is 1. The second kappa shape index (κ2) is 6.27. The van der Waals surface area contributed by atoms with Crippen molar-refractivity contribution in [3.8, 4) is 11.8 Å². The molecule has 3 nitrogen and oxygen atoms in total. The number of benzene rings is 1. The van der Waals surface area contributed by atoms with Crippen molar-refractivity contribution >= 4 is 0 Å². The predicted octanol–water partition coefficient (Wildman–Crippen LogP) is 2.47. The van der Waals surface area contributed by atoms with Crippen molar-refractivity contribution in [1.29, 1.82) is 5.26 Å². The zero-order valence-corrected chi connectivity index (χ0v) is 9.98. The van der Waals surface area contributed by atoms with Gasteiger partial charge in [-0.15, -0.1) is 0 Å². The fourth-order valence-electron chi connectivity index (χ4n) is 2.19. The second-order valence-corrected chi connectivity index (χ2v) is 4.42. The van der Waals surface area contributed by atoms with E-state index < -0.39 is 0 Å². The Kier molecular flexibility index (Phi) is 4.40. The summed E-state index contributed by atoms with van der Waals surface area (Å²) in [5, 5.41) is 12.2. The topological polar surface area (TPSA) is 45.0 Å². The van der Waals surface area contributed by atoms with Gasteiger partial charge in [0, 0.05) is 12.6 Å². The average molecular weight is 230 g/mol. The van der Waals surface area contributed by atoms with Gasteiger partial charge in [0.05, 0.1) is 11.6 Å². The predicted molar refractivity (Wildman–Crippen MR) is 66.9 cm³/mol. The van der Waals surface area contributed by atoms with Crippen molar-refractivity contribution in [2.75, 3.05) is 13.2 Å². The summed E-state index contributed by atoms with van der Waals surface area (Å²) < 4.78 is 5.59. The van der Waals surface area contributed by atoms with Crippen molar-refractivity contribution < 1.29 is 4.74 Å². The second-order valence-electron chi connectivity index (χ2n) is 4.42. The summed E-state index contributed by atoms with van der Waals surface area (Å²) in [5.41, 5.74) is 0.668. The van der Waals surface area contributed by atoms with Crippen molar-refractivity contribution in [1.82, 2.24) is 5.32 Å². The largest absolute Gasteiger partial charge is 0.492 e. The molecule has 90 valence electrons. The molecule has 1 aliphatic carbocycles. The lowest BCUT2D eigenvalue weighted by Crippen LogP contribution is -2.30. The van der Waals surface area contributed by atoms with E-state index in [2.05, 4.69) is 11.4 Å². The number of nitrogens with one attached hydrogen (secondary N) is 1. The molecule has 0 saturated heterocycles. The fraction of sp³-hybridized carbons (Fsp3) is 0.500. The van der Waals surface area contributed by atoms with Gasteiger partial charge in [-0.25, -0.2) is 0 Å². The molecule has 3 heteroatoms. The first-order chi connectivity index (χ1) is 8.38. The molecule has 0 aromatic heterocycles. The minimum Gasteiger partial charge on any atom is -0.492 e. The third-order valence-electron chi connectivity index (χ3n) is 3.14. The highest BCUT2D eigenvalue weighted by Crippen LogP contribution is 2.17. The van der Waals surface area contributed by atoms with E-state index in [1.165, 1.54) is 25.7 Å². The summed E-state index contributed by atoms with van der Waals surface area (Å²) in [6.07, 6.45) is 5.32. The molecule has 0 spiro atoms. The highest BCUT2D eigenvalue weighted by Gasteiger charge is 2.13. The number of ether oxygens (including phenoxy) is 1. The molecule has 1 aromatic carbocycles. The van der Waals surface area contributed by atoms with E-state index in [0.717, 1.165) is 12.3 Å². The van der Waals surface area contributed by atoms with E-state index >= 15 is 0 Å². The normalized spacial score (nSPS) is 15.7. The van der Waals surface area contributed by atoms with Gasteiger partial charge in [-0.1, -0.05) is 12.8 Å². The number of nitriles is 1. The summed E-state index contributed by atoms with van der Waals surface area (Å²) in [4.78, 5) is 0. The van der Waals surface area contributed by atoms with Crippen LogP contribution in [0.1, 0.15) is 31.2 Å². The summed E-state index contributed by atoms with van der Waals surface area (Å²) >= 11 is 0. The Balaban J connectivity index is 1.65. The average Bonchev–Trinajstić information content (AvgIpc) is 2.88. The smallest absolute Gasteiger partial charge is 0.119 e. The van der Waals surface area contributed by atoms with Crippen LogP contribution in [0.3, 0.4) is 0 Å². The molecule has 0 heterocycles. The van der Waals surface area contributed by atoms with Gasteiger partial charge in [0.1, 0.15) is 12.4 Å². The maximum absolute atomic E-state index is 8.66. The molecule has 0 aliphatic heterocycles. The standard InChI is InChI=1S/C14H18N2O/c15-11-12-5-7-14(8-6-12)17-10-9-16-13-3-1-2-4-13/h5-8,13,16H,1-4,9-10H2. The Morgan fingerprint density at radius 1 is 1.24 bits per heavy atom. The van der Waals surface area contributed by atoms with Gasteiger partial charge < -0.3 is 10.1 Å². The van der Waals surface area contributed by atoms with Crippen LogP contribution in [0, 0.1) is 11.3 Å². The molecule has 1 fully saturated rings. The van der Waals surface area contributed by atoms with Crippen LogP contribution >= 0.6 is 0 Å². The monoisotopic (exact) mass is 230 g/mol. The Labute approximate surface area is 102 Å². The van der Waals surface area contributed by atoms with Crippen molar-refractivity contribution in [2.45, 2.75) is 31.7 Å². The Hall–Kier alpha value is -1.53. The van der Waals surface area contributed by atoms with Crippen LogP contribution in [0.4, 0.5) is 0 Å². The molecule has 0 radical (unpaired) electrons. The Morgan fingerprint density at radius 3 is 2.59 bits per heavy atom. The lowest BCUT2D eigenvalue weighted by Gasteiger charge is -2.12. The van der Waals surface area contributed by atoms with Gasteiger partial charge in [0.2, 0.25) is 0 Å². The van der Waals surface area contributed by atoms with Crippen LogP contribution < -0.4 is 10.1 Å². The SMILES string of the molecule is N#Cc1ccc(OCCNC2CCCC2)cc1. The highest BCUT2D eigenvalue weighted by atomic mass is 16.5. The molecule has 0 atom stereocenters. The first-order valence-electron chi connectivity index (χ1n) is 6.25. The molecule has 0 bridgehead atoms. The summed E-state index contributed by atoms with van der Waals surface area (Å²) in [6.45, 7) is 1.58. The van der Waals surface area contributed by atoms with Gasteiger partial charge in [-0.05, 0) is 37.1 Å². The van der Waals surface area contributed by atoms with Crippen LogP contribution in [-0.4, -0.2) is 19.2 Å². The van der Waals surface area contributed by atoms with Crippen molar-refractivity contribution in [2.24, 2.45) is 0 Å². The number of hydrogen-bond acceptors (Lipinski definition) is 3. The maximum atomic E-state index is 8.66. The van der Waals surface area contributed by atoms with Gasteiger partial charge in [0.25, 0.3) is 0 Å². The van der Waals surface area contributed by atoms with Crippen molar-refractivity contribution in [3.05, 3.63) is 29.8 Å². The molecular formula is C14H18N2O. The first-order valence-corrected chi connectivity index (χ1v) is 6.25. The van der Waals surface area contributed by atoms with E-state index in [1.54, 1.807) is 12.1 Å². The molecule has 2 rings (SSSR count). The fourth-order valence-corrected chi connectivity index (χ4v) is 2.19. The van der Waals surface area contributed by atoms with Gasteiger partial charge in [0.15, 0.2) is 0 Å². The zero-order chi connectivity index (χ0) is 11.9. The highest BCUT2D eigenvalue weighted by molar-refractivity contribution is 5.34. The lowest BCUT2D eigenvalue weighted by molar-refractivity contribution is 0.305. The summed E-state index contributed by atoms with van der Waals surface area (Å²) in [7, 11) is 0. The first kappa shape index (κ1) is 11.9. The molecule has 1 aliphatic rings. The van der Waals surface area contributed by atoms with Crippen molar-refractivity contribution in [3.63, 3.8) is 0 Å². The van der Waals surface area contributed by atoms with E-state index in [9.17, 15) is 0 Å². The van der Waals surface area contributed by atoms with E-state index in [4.69, 9.17) is 10.00 Å². The maximum Gasteiger partial charge on any atom is 0.119 e. The summed E-state index contributed by atoms with van der Waals surface area (Å²) in [5.74, 6) is 0.831. The van der Waals surface area contributed by atoms with E-state index in [1.807, 2.05) is 12.1 Å². The molecule has 17 heavy (non-hydrogen) atoms. The lowest BCUT2D eigenvalue weighted by atomic mass is 10.2. The zero-order valence-electron chi connectivity index (χ0n) is 9.98. The molecule has 1 N–H and O–H groups in total. The molecule has 0 amide bonds. The van der Waals surface area contributed by atoms with Crippen LogP contribution in [0.15, 0.2) is 24.3 Å². The third kappa shape index (κ3) is 3.76. The van der Waals surface area contributed by atoms with E-state index in [0.29, 0.717) is 18.2 Å². The van der Waals surface area contributed by atoms with Gasteiger partial charge in [-0.3, -0.25) is 0 Å². The Bertz CT molecular complexity index is 374. The van der Waals surface area contributed by atoms with Crippen LogP contribution in [0.2, 0.25) is 0 Å². The van der Waals surface area contributed by atoms with Crippen LogP contribution in [-0.2, 0) is 0 Å². The van der Waals surface area contributed by atoms with Crippen LogP contribution in [0.25, 0.3) is 0 Å². The molecule has 1 aromatic rings. The van der Waals surface area contributed by atoms with E-state index in [-0.39, 0.29) is 0 Å². The number of rotatable bonds is 5. The molecule has 0 unspecified atom stereocenters. The third-order valence-corrected chi connectivity index (χ3v) is 3.14. The minimum atomic E-state index is 0.668. The number of hydrogen-bond donors (Lipinski definition) is 1.